The summed E-state index contributed by atoms with van der Waals surface area (Å²) >= 11 is 0. The quantitative estimate of drug-likeness (QED) is 0.697. The van der Waals surface area contributed by atoms with E-state index in [-0.39, 0.29) is 18.6 Å². The Hall–Kier alpha value is -2.53. The van der Waals surface area contributed by atoms with Gasteiger partial charge in [0.15, 0.2) is 6.61 Å². The Morgan fingerprint density at radius 2 is 1.79 bits per heavy atom. The first-order valence-electron chi connectivity index (χ1n) is 9.76. The molecular weight excluding hydrogens is 352 g/mol. The first kappa shape index (κ1) is 21.8. The predicted molar refractivity (Wildman–Crippen MR) is 112 cm³/mol. The highest BCUT2D eigenvalue weighted by atomic mass is 16.5. The summed E-state index contributed by atoms with van der Waals surface area (Å²) in [6.45, 7) is 6.78. The number of likely N-dealkylation sites (N-methyl/N-ethyl adjacent to an activating group) is 1. The van der Waals surface area contributed by atoms with Gasteiger partial charge in [-0.05, 0) is 42.2 Å². The van der Waals surface area contributed by atoms with E-state index in [1.165, 1.54) is 4.90 Å². The van der Waals surface area contributed by atoms with Gasteiger partial charge >= 0.3 is 0 Å². The summed E-state index contributed by atoms with van der Waals surface area (Å²) in [6.07, 6.45) is 0. The zero-order chi connectivity index (χ0) is 20.7. The molecule has 152 valence electrons. The Morgan fingerprint density at radius 3 is 2.43 bits per heavy atom. The van der Waals surface area contributed by atoms with Gasteiger partial charge in [-0.2, -0.15) is 0 Å². The minimum Gasteiger partial charge on any atom is -0.496 e. The number of methoxy groups -OCH3 is 1. The molecular formula is C23H33N2O3+. The van der Waals surface area contributed by atoms with Gasteiger partial charge < -0.3 is 19.7 Å². The molecule has 0 spiro atoms. The summed E-state index contributed by atoms with van der Waals surface area (Å²) in [7, 11) is 5.81. The maximum absolute atomic E-state index is 12.4. The Labute approximate surface area is 168 Å². The van der Waals surface area contributed by atoms with E-state index in [0.717, 1.165) is 28.2 Å². The van der Waals surface area contributed by atoms with Crippen molar-refractivity contribution in [1.29, 1.82) is 0 Å². The number of quaternary nitrogens is 1. The molecule has 0 unspecified atom stereocenters. The Morgan fingerprint density at radius 1 is 1.07 bits per heavy atom. The van der Waals surface area contributed by atoms with Crippen molar-refractivity contribution in [2.75, 3.05) is 34.4 Å². The molecule has 0 aromatic heterocycles. The van der Waals surface area contributed by atoms with E-state index in [1.54, 1.807) is 7.11 Å². The molecule has 0 bridgehead atoms. The van der Waals surface area contributed by atoms with E-state index in [0.29, 0.717) is 12.5 Å². The van der Waals surface area contributed by atoms with Crippen LogP contribution in [0, 0.1) is 6.92 Å². The van der Waals surface area contributed by atoms with E-state index in [2.05, 4.69) is 45.4 Å². The van der Waals surface area contributed by atoms with Crippen LogP contribution in [0.4, 0.5) is 0 Å². The molecule has 2 aromatic carbocycles. The number of nitrogens with one attached hydrogen (secondary N) is 2. The van der Waals surface area contributed by atoms with Crippen LogP contribution in [0.15, 0.2) is 42.5 Å². The third-order valence-electron chi connectivity index (χ3n) is 4.86. The number of rotatable bonds is 9. The monoisotopic (exact) mass is 385 g/mol. The van der Waals surface area contributed by atoms with Crippen LogP contribution in [0.5, 0.6) is 11.5 Å². The molecule has 1 amide bonds. The summed E-state index contributed by atoms with van der Waals surface area (Å²) in [5.74, 6) is 1.83. The molecule has 0 saturated carbocycles. The third kappa shape index (κ3) is 5.73. The second kappa shape index (κ2) is 10.1. The molecule has 0 fully saturated rings. The Kier molecular flexibility index (Phi) is 7.88. The summed E-state index contributed by atoms with van der Waals surface area (Å²) < 4.78 is 11.3. The second-order valence-corrected chi connectivity index (χ2v) is 7.66. The van der Waals surface area contributed by atoms with Crippen molar-refractivity contribution in [2.45, 2.75) is 32.7 Å². The van der Waals surface area contributed by atoms with E-state index < -0.39 is 0 Å². The molecule has 2 N–H and O–H groups in total. The van der Waals surface area contributed by atoms with Crippen molar-refractivity contribution in [3.63, 3.8) is 0 Å². The molecule has 0 aliphatic carbocycles. The van der Waals surface area contributed by atoms with Crippen molar-refractivity contribution in [3.8, 4) is 11.5 Å². The Balaban J connectivity index is 2.00. The lowest BCUT2D eigenvalue weighted by molar-refractivity contribution is -0.890. The highest BCUT2D eigenvalue weighted by molar-refractivity contribution is 5.77. The van der Waals surface area contributed by atoms with Gasteiger partial charge in [-0.1, -0.05) is 38.1 Å². The second-order valence-electron chi connectivity index (χ2n) is 7.66. The summed E-state index contributed by atoms with van der Waals surface area (Å²) in [4.78, 5) is 13.6. The molecule has 28 heavy (non-hydrogen) atoms. The van der Waals surface area contributed by atoms with Gasteiger partial charge in [0.2, 0.25) is 0 Å². The van der Waals surface area contributed by atoms with Gasteiger partial charge in [0.1, 0.15) is 17.5 Å². The molecule has 5 heteroatoms. The fourth-order valence-corrected chi connectivity index (χ4v) is 3.23. The minimum atomic E-state index is -0.127. The molecule has 2 aromatic rings. The number of hydrogen-bond donors (Lipinski definition) is 2. The van der Waals surface area contributed by atoms with Crippen LogP contribution in [0.1, 0.15) is 42.5 Å². The number of carbonyl (C=O) groups is 1. The normalized spacial score (nSPS) is 12.1. The molecule has 0 aliphatic heterocycles. The van der Waals surface area contributed by atoms with Gasteiger partial charge in [-0.15, -0.1) is 0 Å². The molecule has 1 atom stereocenters. The molecule has 0 radical (unpaired) electrons. The van der Waals surface area contributed by atoms with Gasteiger partial charge in [-0.25, -0.2) is 0 Å². The van der Waals surface area contributed by atoms with Crippen molar-refractivity contribution in [3.05, 3.63) is 59.2 Å². The Bertz CT molecular complexity index is 787. The maximum Gasteiger partial charge on any atom is 0.258 e. The predicted octanol–water partition coefficient (Wildman–Crippen LogP) is 2.51. The lowest BCUT2D eigenvalue weighted by Crippen LogP contribution is -3.07. The lowest BCUT2D eigenvalue weighted by atomic mass is 10.0. The van der Waals surface area contributed by atoms with E-state index in [9.17, 15) is 4.79 Å². The van der Waals surface area contributed by atoms with Gasteiger partial charge in [0.25, 0.3) is 5.91 Å². The largest absolute Gasteiger partial charge is 0.496 e. The molecule has 5 nitrogen and oxygen atoms in total. The van der Waals surface area contributed by atoms with Crippen LogP contribution in [0.25, 0.3) is 0 Å². The zero-order valence-corrected chi connectivity index (χ0v) is 17.8. The number of hydrogen-bond acceptors (Lipinski definition) is 3. The van der Waals surface area contributed by atoms with Crippen molar-refractivity contribution < 1.29 is 19.2 Å². The number of ether oxygens (including phenoxy) is 2. The van der Waals surface area contributed by atoms with Crippen LogP contribution >= 0.6 is 0 Å². The van der Waals surface area contributed by atoms with Gasteiger partial charge in [0, 0.05) is 0 Å². The first-order chi connectivity index (χ1) is 13.3. The SMILES string of the molecule is COc1ccccc1[C@@H](CNC(=O)COc1cc(C)ccc1C(C)C)[NH+](C)C. The molecule has 0 saturated heterocycles. The number of carbonyl (C=O) groups excluding carboxylic acids is 1. The number of amides is 1. The zero-order valence-electron chi connectivity index (χ0n) is 17.8. The van der Waals surface area contributed by atoms with Gasteiger partial charge in [0.05, 0.1) is 33.3 Å². The smallest absolute Gasteiger partial charge is 0.258 e. The average molecular weight is 386 g/mol. The topological polar surface area (TPSA) is 52.0 Å². The van der Waals surface area contributed by atoms with Crippen LogP contribution in [0.3, 0.4) is 0 Å². The van der Waals surface area contributed by atoms with E-state index in [4.69, 9.17) is 9.47 Å². The van der Waals surface area contributed by atoms with E-state index in [1.807, 2.05) is 37.3 Å². The minimum absolute atomic E-state index is 0.00454. The van der Waals surface area contributed by atoms with Crippen molar-refractivity contribution in [2.24, 2.45) is 0 Å². The highest BCUT2D eigenvalue weighted by Crippen LogP contribution is 2.27. The average Bonchev–Trinajstić information content (AvgIpc) is 2.66. The van der Waals surface area contributed by atoms with Crippen LogP contribution in [-0.4, -0.2) is 40.3 Å². The number of para-hydroxylation sites is 1. The first-order valence-corrected chi connectivity index (χ1v) is 9.76. The summed E-state index contributed by atoms with van der Waals surface area (Å²) in [5, 5.41) is 3.01. The summed E-state index contributed by atoms with van der Waals surface area (Å²) in [5.41, 5.74) is 3.31. The van der Waals surface area contributed by atoms with Gasteiger partial charge in [-0.3, -0.25) is 4.79 Å². The molecule has 0 aliphatic rings. The van der Waals surface area contributed by atoms with Crippen molar-refractivity contribution >= 4 is 5.91 Å². The van der Waals surface area contributed by atoms with Crippen LogP contribution in [0.2, 0.25) is 0 Å². The number of aryl methyl sites for hydroxylation is 1. The van der Waals surface area contributed by atoms with Crippen LogP contribution < -0.4 is 19.7 Å². The lowest BCUT2D eigenvalue weighted by Gasteiger charge is -2.24. The fourth-order valence-electron chi connectivity index (χ4n) is 3.23. The standard InChI is InChI=1S/C23H32N2O3/c1-16(2)18-12-11-17(3)13-22(18)28-15-23(26)24-14-20(25(4)5)19-9-7-8-10-21(19)27-6/h7-13,16,20H,14-15H2,1-6H3,(H,24,26)/p+1/t20-/m1/s1. The van der Waals surface area contributed by atoms with Crippen molar-refractivity contribution in [1.82, 2.24) is 5.32 Å². The highest BCUT2D eigenvalue weighted by Gasteiger charge is 2.22. The number of benzene rings is 2. The van der Waals surface area contributed by atoms with Crippen LogP contribution in [-0.2, 0) is 4.79 Å². The molecule has 2 rings (SSSR count). The third-order valence-corrected chi connectivity index (χ3v) is 4.86. The fraction of sp³-hybridized carbons (Fsp3) is 0.435. The molecule has 0 heterocycles. The van der Waals surface area contributed by atoms with E-state index >= 15 is 0 Å². The summed E-state index contributed by atoms with van der Waals surface area (Å²) in [6, 6.07) is 14.1. The maximum atomic E-state index is 12.4.